The van der Waals surface area contributed by atoms with E-state index in [1.807, 2.05) is 0 Å². The van der Waals surface area contributed by atoms with Crippen molar-refractivity contribution in [1.29, 1.82) is 0 Å². The largest absolute Gasteiger partial charge is 0.456 e. The minimum atomic E-state index is -0.476. The second kappa shape index (κ2) is 13.9. The maximum atomic E-state index is 6.58. The Morgan fingerprint density at radius 1 is 0.552 bits per heavy atom. The van der Waals surface area contributed by atoms with Crippen LogP contribution in [0.2, 0.25) is 0 Å². The highest BCUT2D eigenvalue weighted by Crippen LogP contribution is 2.57. The summed E-state index contributed by atoms with van der Waals surface area (Å²) in [6.07, 6.45) is 9.92. The molecule has 2 nitrogen and oxygen atoms in total. The Hall–Kier alpha value is -6.90. The molecular formula is C56H43NO. The van der Waals surface area contributed by atoms with E-state index in [-0.39, 0.29) is 0 Å². The zero-order valence-corrected chi connectivity index (χ0v) is 32.6. The average Bonchev–Trinajstić information content (AvgIpc) is 3.83. The molecule has 0 spiro atoms. The van der Waals surface area contributed by atoms with E-state index < -0.39 is 5.41 Å². The molecule has 8 aromatic rings. The molecule has 1 heterocycles. The molecule has 0 bridgehead atoms. The minimum absolute atomic E-state index is 0.411. The molecule has 58 heavy (non-hydrogen) atoms. The summed E-state index contributed by atoms with van der Waals surface area (Å²) in [5.41, 5.74) is 18.2. The summed E-state index contributed by atoms with van der Waals surface area (Å²) in [5.74, 6) is 1.42. The first-order valence-corrected chi connectivity index (χ1v) is 20.6. The van der Waals surface area contributed by atoms with Crippen molar-refractivity contribution in [2.75, 3.05) is 4.90 Å². The zero-order valence-electron chi connectivity index (χ0n) is 32.6. The van der Waals surface area contributed by atoms with Crippen LogP contribution in [0.1, 0.15) is 76.8 Å². The Morgan fingerprint density at radius 3 is 1.91 bits per heavy atom. The lowest BCUT2D eigenvalue weighted by Gasteiger charge is -2.35. The molecule has 0 aliphatic heterocycles. The maximum Gasteiger partial charge on any atom is 0.139 e. The molecule has 0 saturated heterocycles. The summed E-state index contributed by atoms with van der Waals surface area (Å²) in [6.45, 7) is 2.31. The standard InChI is InChI=1S/C56H43NO/c1-38-25-35-47(55-54(38)50-22-12-14-24-53(50)58-55)41-28-32-45(33-29-41)57(44-30-26-40(27-31-44)39-15-5-2-6-16-39)46-34-36-49-48-21-11-13-23-51(48)56(52(49)37-46,42-17-7-3-8-18-42)43-19-9-4-10-20-43/h2-24,26,28-30,32-38H,25,27,31H2,1H3/t38-/m1/s1. The maximum absolute atomic E-state index is 6.58. The van der Waals surface area contributed by atoms with Crippen LogP contribution in [-0.2, 0) is 5.41 Å². The monoisotopic (exact) mass is 745 g/mol. The molecule has 0 fully saturated rings. The van der Waals surface area contributed by atoms with Gasteiger partial charge in [0.15, 0.2) is 0 Å². The first-order valence-electron chi connectivity index (χ1n) is 20.6. The van der Waals surface area contributed by atoms with Crippen molar-refractivity contribution in [2.45, 2.75) is 37.5 Å². The van der Waals surface area contributed by atoms with Crippen molar-refractivity contribution in [3.8, 4) is 11.1 Å². The Bertz CT molecular complexity index is 2870. The first-order chi connectivity index (χ1) is 28.7. The Kier molecular flexibility index (Phi) is 8.25. The molecular weight excluding hydrogens is 703 g/mol. The number of anilines is 2. The van der Waals surface area contributed by atoms with Crippen LogP contribution in [-0.4, -0.2) is 0 Å². The summed E-state index contributed by atoms with van der Waals surface area (Å²) >= 11 is 0. The highest BCUT2D eigenvalue weighted by atomic mass is 16.3. The van der Waals surface area contributed by atoms with Crippen molar-refractivity contribution in [3.63, 3.8) is 0 Å². The number of rotatable bonds is 7. The molecule has 0 saturated carbocycles. The second-order valence-corrected chi connectivity index (χ2v) is 16.0. The van der Waals surface area contributed by atoms with Crippen molar-refractivity contribution >= 4 is 33.5 Å². The summed E-state index contributed by atoms with van der Waals surface area (Å²) in [7, 11) is 0. The van der Waals surface area contributed by atoms with Gasteiger partial charge in [-0.05, 0) is 112 Å². The second-order valence-electron chi connectivity index (χ2n) is 16.0. The van der Waals surface area contributed by atoms with Gasteiger partial charge in [-0.1, -0.05) is 171 Å². The van der Waals surface area contributed by atoms with E-state index >= 15 is 0 Å². The molecule has 0 unspecified atom stereocenters. The van der Waals surface area contributed by atoms with Crippen LogP contribution in [0.25, 0.3) is 33.2 Å². The summed E-state index contributed by atoms with van der Waals surface area (Å²) in [5, 5.41) is 1.23. The smallest absolute Gasteiger partial charge is 0.139 e. The third kappa shape index (κ3) is 5.40. The number of nitrogens with zero attached hydrogens (tertiary/aromatic N) is 1. The zero-order chi connectivity index (χ0) is 38.6. The predicted octanol–water partition coefficient (Wildman–Crippen LogP) is 14.6. The van der Waals surface area contributed by atoms with Crippen LogP contribution in [0.5, 0.6) is 0 Å². The number of allylic oxidation sites excluding steroid dienone is 5. The molecule has 1 aromatic heterocycles. The Morgan fingerprint density at radius 2 is 1.19 bits per heavy atom. The van der Waals surface area contributed by atoms with Gasteiger partial charge < -0.3 is 9.32 Å². The highest BCUT2D eigenvalue weighted by Gasteiger charge is 2.46. The van der Waals surface area contributed by atoms with E-state index in [9.17, 15) is 0 Å². The van der Waals surface area contributed by atoms with Gasteiger partial charge in [0.2, 0.25) is 0 Å². The van der Waals surface area contributed by atoms with Gasteiger partial charge in [-0.15, -0.1) is 0 Å². The molecule has 0 radical (unpaired) electrons. The normalized spacial score (nSPS) is 16.4. The van der Waals surface area contributed by atoms with Crippen LogP contribution in [0, 0.1) is 0 Å². The SMILES string of the molecule is C[C@@H]1CC=C(c2ccc(N(C3=CC=C(c4ccccc4)CC3)c3ccc4c(c3)C(c3ccccc3)(c3ccccc3)c3ccccc3-4)cc2)c2oc3ccccc3c21. The fourth-order valence-electron chi connectivity index (χ4n) is 10.1. The first kappa shape index (κ1) is 34.4. The fraction of sp³-hybridized carbons (Fsp3) is 0.107. The molecule has 0 amide bonds. The van der Waals surface area contributed by atoms with Crippen LogP contribution < -0.4 is 4.90 Å². The Labute approximate surface area is 340 Å². The van der Waals surface area contributed by atoms with Gasteiger partial charge in [-0.3, -0.25) is 0 Å². The number of fused-ring (bicyclic) bond motifs is 6. The van der Waals surface area contributed by atoms with E-state index in [2.05, 4.69) is 212 Å². The Balaban J connectivity index is 1.08. The van der Waals surface area contributed by atoms with Crippen LogP contribution in [0.3, 0.4) is 0 Å². The number of furan rings is 1. The van der Waals surface area contributed by atoms with Gasteiger partial charge in [0, 0.05) is 33.6 Å². The highest BCUT2D eigenvalue weighted by molar-refractivity contribution is 5.93. The quantitative estimate of drug-likeness (QED) is 0.162. The van der Waals surface area contributed by atoms with Gasteiger partial charge in [-0.25, -0.2) is 0 Å². The summed E-state index contributed by atoms with van der Waals surface area (Å²) in [6, 6.07) is 66.8. The topological polar surface area (TPSA) is 16.4 Å². The third-order valence-electron chi connectivity index (χ3n) is 12.7. The van der Waals surface area contributed by atoms with Crippen molar-refractivity contribution < 1.29 is 4.42 Å². The van der Waals surface area contributed by atoms with Crippen LogP contribution in [0.4, 0.5) is 11.4 Å². The van der Waals surface area contributed by atoms with Crippen molar-refractivity contribution in [2.24, 2.45) is 0 Å². The summed E-state index contributed by atoms with van der Waals surface area (Å²) < 4.78 is 6.58. The van der Waals surface area contributed by atoms with E-state index in [4.69, 9.17) is 4.42 Å². The van der Waals surface area contributed by atoms with E-state index in [1.54, 1.807) is 0 Å². The minimum Gasteiger partial charge on any atom is -0.456 e. The van der Waals surface area contributed by atoms with Gasteiger partial charge >= 0.3 is 0 Å². The molecule has 1 atom stereocenters. The average molecular weight is 746 g/mol. The number of hydrogen-bond acceptors (Lipinski definition) is 2. The molecule has 0 N–H and O–H groups in total. The molecule has 7 aromatic carbocycles. The molecule has 3 aliphatic carbocycles. The third-order valence-corrected chi connectivity index (χ3v) is 12.7. The fourth-order valence-corrected chi connectivity index (χ4v) is 10.1. The molecule has 11 rings (SSSR count). The lowest BCUT2D eigenvalue weighted by Crippen LogP contribution is -2.29. The van der Waals surface area contributed by atoms with Crippen molar-refractivity contribution in [3.05, 3.63) is 251 Å². The van der Waals surface area contributed by atoms with Gasteiger partial charge in [0.05, 0.1) is 5.41 Å². The lowest BCUT2D eigenvalue weighted by atomic mass is 9.67. The number of benzene rings is 7. The van der Waals surface area contributed by atoms with Gasteiger partial charge in [-0.2, -0.15) is 0 Å². The van der Waals surface area contributed by atoms with Gasteiger partial charge in [0.25, 0.3) is 0 Å². The predicted molar refractivity (Wildman–Crippen MR) is 240 cm³/mol. The van der Waals surface area contributed by atoms with Gasteiger partial charge in [0.1, 0.15) is 11.3 Å². The van der Waals surface area contributed by atoms with Crippen LogP contribution in [0.15, 0.2) is 210 Å². The molecule has 2 heteroatoms. The molecule has 3 aliphatic rings. The van der Waals surface area contributed by atoms with Crippen molar-refractivity contribution in [1.82, 2.24) is 0 Å². The number of para-hydroxylation sites is 1. The lowest BCUT2D eigenvalue weighted by molar-refractivity contribution is 0.581. The number of hydrogen-bond donors (Lipinski definition) is 0. The van der Waals surface area contributed by atoms with E-state index in [0.717, 1.165) is 42.0 Å². The van der Waals surface area contributed by atoms with E-state index in [0.29, 0.717) is 5.92 Å². The van der Waals surface area contributed by atoms with Crippen LogP contribution >= 0.6 is 0 Å². The molecule has 278 valence electrons. The summed E-state index contributed by atoms with van der Waals surface area (Å²) in [4.78, 5) is 2.50. The van der Waals surface area contributed by atoms with E-state index in [1.165, 1.54) is 72.3 Å².